The van der Waals surface area contributed by atoms with E-state index in [1.165, 1.54) is 0 Å². The highest BCUT2D eigenvalue weighted by atomic mass is 15.0. The van der Waals surface area contributed by atoms with Crippen LogP contribution in [-0.4, -0.2) is 25.1 Å². The minimum absolute atomic E-state index is 0.597. The molecule has 0 spiro atoms. The van der Waals surface area contributed by atoms with E-state index >= 15 is 0 Å². The van der Waals surface area contributed by atoms with E-state index in [1.54, 1.807) is 13.2 Å². The van der Waals surface area contributed by atoms with Crippen LogP contribution in [0.2, 0.25) is 0 Å². The minimum Gasteiger partial charge on any atom is -0.367 e. The minimum atomic E-state index is 0.597. The number of nitrogens with two attached hydrogens (primary N) is 1. The van der Waals surface area contributed by atoms with Crippen LogP contribution in [0, 0.1) is 0 Å². The summed E-state index contributed by atoms with van der Waals surface area (Å²) in [6.07, 6.45) is 1.73. The first kappa shape index (κ1) is 8.80. The Morgan fingerprint density at radius 2 is 2.50 bits per heavy atom. The van der Waals surface area contributed by atoms with Crippen molar-refractivity contribution in [3.63, 3.8) is 0 Å². The Morgan fingerprint density at radius 1 is 1.67 bits per heavy atom. The smallest absolute Gasteiger partial charge is 0.151 e. The van der Waals surface area contributed by atoms with E-state index in [4.69, 9.17) is 5.73 Å². The fraction of sp³-hybridized carbons (Fsp3) is 0.375. The van der Waals surface area contributed by atoms with E-state index in [0.29, 0.717) is 6.54 Å². The number of hydrogen-bond acceptors (Lipinski definition) is 3. The second-order valence-corrected chi connectivity index (χ2v) is 2.31. The molecule has 4 nitrogen and oxygen atoms in total. The first-order chi connectivity index (χ1) is 5.88. The summed E-state index contributed by atoms with van der Waals surface area (Å²) in [5.74, 6) is 0.797. The summed E-state index contributed by atoms with van der Waals surface area (Å²) in [4.78, 5) is 4.13. The lowest BCUT2D eigenvalue weighted by molar-refractivity contribution is 0.995. The molecule has 0 aromatic carbocycles. The molecule has 0 bridgehead atoms. The summed E-state index contributed by atoms with van der Waals surface area (Å²) >= 11 is 0. The van der Waals surface area contributed by atoms with Gasteiger partial charge in [0.25, 0.3) is 0 Å². The maximum absolute atomic E-state index is 5.35. The van der Waals surface area contributed by atoms with E-state index < -0.39 is 0 Å². The van der Waals surface area contributed by atoms with Gasteiger partial charge in [-0.2, -0.15) is 0 Å². The highest BCUT2D eigenvalue weighted by Gasteiger charge is 1.99. The molecule has 4 heteroatoms. The van der Waals surface area contributed by atoms with E-state index in [0.717, 1.165) is 18.1 Å². The number of nitrogens with one attached hydrogen (secondary N) is 1. The van der Waals surface area contributed by atoms with Gasteiger partial charge >= 0.3 is 0 Å². The zero-order valence-corrected chi connectivity index (χ0v) is 7.12. The van der Waals surface area contributed by atoms with Crippen LogP contribution >= 0.6 is 0 Å². The van der Waals surface area contributed by atoms with Crippen molar-refractivity contribution < 1.29 is 0 Å². The summed E-state index contributed by atoms with van der Waals surface area (Å²) in [6.45, 7) is 1.32. The third-order valence-electron chi connectivity index (χ3n) is 1.46. The molecule has 0 aliphatic carbocycles. The summed E-state index contributed by atoms with van der Waals surface area (Å²) in [7, 11) is 1.74. The predicted molar refractivity (Wildman–Crippen MR) is 49.5 cm³/mol. The lowest BCUT2D eigenvalue weighted by Gasteiger charge is -2.06. The topological polar surface area (TPSA) is 65.0 Å². The van der Waals surface area contributed by atoms with Gasteiger partial charge in [0.2, 0.25) is 0 Å². The van der Waals surface area contributed by atoms with Crippen LogP contribution in [0.1, 0.15) is 0 Å². The molecule has 1 rings (SSSR count). The summed E-state index contributed by atoms with van der Waals surface area (Å²) in [5.41, 5.74) is 6.21. The van der Waals surface area contributed by atoms with Gasteiger partial charge in [0.1, 0.15) is 0 Å². The largest absolute Gasteiger partial charge is 0.367 e. The molecule has 1 heterocycles. The molecule has 0 saturated carbocycles. The van der Waals surface area contributed by atoms with Gasteiger partial charge in [0.05, 0.1) is 5.69 Å². The molecule has 0 unspecified atom stereocenters. The molecule has 65 valence electrons. The quantitative estimate of drug-likeness (QED) is 0.675. The fourth-order valence-corrected chi connectivity index (χ4v) is 0.904. The Hall–Kier alpha value is -1.29. The number of pyridine rings is 1. The summed E-state index contributed by atoms with van der Waals surface area (Å²) in [6, 6.07) is 3.77. The zero-order chi connectivity index (χ0) is 8.81. The van der Waals surface area contributed by atoms with Gasteiger partial charge in [0.15, 0.2) is 5.82 Å². The maximum Gasteiger partial charge on any atom is 0.151 e. The highest BCUT2D eigenvalue weighted by Crippen LogP contribution is 2.15. The zero-order valence-electron chi connectivity index (χ0n) is 7.12. The molecule has 0 aliphatic heterocycles. The molecule has 0 fully saturated rings. The van der Waals surface area contributed by atoms with Gasteiger partial charge in [0, 0.05) is 26.3 Å². The Labute approximate surface area is 72.2 Å². The molecular formula is C8H13N4. The van der Waals surface area contributed by atoms with E-state index in [2.05, 4.69) is 15.6 Å². The van der Waals surface area contributed by atoms with Crippen molar-refractivity contribution in [3.8, 4) is 0 Å². The number of rotatable bonds is 4. The van der Waals surface area contributed by atoms with Crippen LogP contribution in [0.3, 0.4) is 0 Å². The predicted octanol–water partition coefficient (Wildman–Crippen LogP) is 0.318. The van der Waals surface area contributed by atoms with Crippen molar-refractivity contribution in [2.45, 2.75) is 0 Å². The Balaban J connectivity index is 2.68. The molecule has 0 amide bonds. The van der Waals surface area contributed by atoms with Gasteiger partial charge in [-0.3, -0.25) is 5.32 Å². The average Bonchev–Trinajstić information content (AvgIpc) is 2.15. The molecule has 1 aromatic heterocycles. The molecule has 0 atom stereocenters. The van der Waals surface area contributed by atoms with Crippen molar-refractivity contribution in [1.82, 2.24) is 10.3 Å². The van der Waals surface area contributed by atoms with Crippen LogP contribution in [-0.2, 0) is 0 Å². The number of nitrogens with zero attached hydrogens (tertiary/aromatic N) is 2. The van der Waals surface area contributed by atoms with Crippen LogP contribution in [0.4, 0.5) is 11.5 Å². The maximum atomic E-state index is 5.35. The SMILES string of the molecule is C[N]c1cccnc1NCCN. The number of anilines is 1. The Bertz CT molecular complexity index is 236. The highest BCUT2D eigenvalue weighted by molar-refractivity contribution is 5.58. The van der Waals surface area contributed by atoms with E-state index in [9.17, 15) is 0 Å². The third-order valence-corrected chi connectivity index (χ3v) is 1.46. The van der Waals surface area contributed by atoms with E-state index in [1.807, 2.05) is 12.1 Å². The van der Waals surface area contributed by atoms with Crippen LogP contribution in [0.15, 0.2) is 18.3 Å². The van der Waals surface area contributed by atoms with Crippen molar-refractivity contribution in [2.24, 2.45) is 5.73 Å². The molecular weight excluding hydrogens is 152 g/mol. The molecule has 1 radical (unpaired) electrons. The van der Waals surface area contributed by atoms with Crippen LogP contribution in [0.25, 0.3) is 0 Å². The standard InChI is InChI=1S/C8H13N4/c1-10-7-3-2-5-11-8(7)12-6-4-9/h2-3,5H,4,6,9H2,1H3,(H,11,12). The van der Waals surface area contributed by atoms with Crippen molar-refractivity contribution in [3.05, 3.63) is 18.3 Å². The lowest BCUT2D eigenvalue weighted by Crippen LogP contribution is -2.14. The molecule has 3 N–H and O–H groups in total. The molecule has 1 aromatic rings. The summed E-state index contributed by atoms with van der Waals surface area (Å²) < 4.78 is 0. The first-order valence-electron chi connectivity index (χ1n) is 3.87. The molecule has 0 aliphatic rings. The van der Waals surface area contributed by atoms with Gasteiger partial charge in [-0.1, -0.05) is 0 Å². The van der Waals surface area contributed by atoms with Crippen molar-refractivity contribution >= 4 is 11.5 Å². The van der Waals surface area contributed by atoms with Gasteiger partial charge in [-0.15, -0.1) is 0 Å². The second kappa shape index (κ2) is 4.56. The normalized spacial score (nSPS) is 9.50. The first-order valence-corrected chi connectivity index (χ1v) is 3.87. The van der Waals surface area contributed by atoms with Gasteiger partial charge in [-0.05, 0) is 12.1 Å². The molecule has 12 heavy (non-hydrogen) atoms. The van der Waals surface area contributed by atoms with Gasteiger partial charge < -0.3 is 11.1 Å². The van der Waals surface area contributed by atoms with Crippen LogP contribution in [0.5, 0.6) is 0 Å². The van der Waals surface area contributed by atoms with Crippen molar-refractivity contribution in [1.29, 1.82) is 0 Å². The average molecular weight is 165 g/mol. The lowest BCUT2D eigenvalue weighted by atomic mass is 10.4. The molecule has 0 saturated heterocycles. The second-order valence-electron chi connectivity index (χ2n) is 2.31. The third kappa shape index (κ3) is 2.10. The Morgan fingerprint density at radius 3 is 3.17 bits per heavy atom. The number of aromatic nitrogens is 1. The number of hydrogen-bond donors (Lipinski definition) is 2. The van der Waals surface area contributed by atoms with E-state index in [-0.39, 0.29) is 0 Å². The van der Waals surface area contributed by atoms with Crippen LogP contribution < -0.4 is 16.4 Å². The van der Waals surface area contributed by atoms with Crippen molar-refractivity contribution in [2.75, 3.05) is 25.5 Å². The summed E-state index contributed by atoms with van der Waals surface area (Å²) in [5, 5.41) is 7.14. The Kier molecular flexibility index (Phi) is 3.35. The monoisotopic (exact) mass is 165 g/mol. The fourth-order valence-electron chi connectivity index (χ4n) is 0.904. The van der Waals surface area contributed by atoms with Gasteiger partial charge in [-0.25, -0.2) is 4.98 Å².